The highest BCUT2D eigenvalue weighted by atomic mass is 32.1. The first-order chi connectivity index (χ1) is 13.7. The smallest absolute Gasteiger partial charge is 0.270 e. The number of carbonyl (C=O) groups excluding carboxylic acids is 1. The first-order valence-electron chi connectivity index (χ1n) is 9.05. The van der Waals surface area contributed by atoms with E-state index in [0.29, 0.717) is 16.2 Å². The minimum absolute atomic E-state index is 0.0158. The summed E-state index contributed by atoms with van der Waals surface area (Å²) in [6.07, 6.45) is 5.07. The van der Waals surface area contributed by atoms with Crippen LogP contribution in [0.1, 0.15) is 36.7 Å². The van der Waals surface area contributed by atoms with E-state index in [1.807, 2.05) is 31.7 Å². The molecule has 1 heterocycles. The number of hydrogen-bond donors (Lipinski definition) is 1. The van der Waals surface area contributed by atoms with Crippen molar-refractivity contribution in [3.8, 4) is 0 Å². The first kappa shape index (κ1) is 20.4. The van der Waals surface area contributed by atoms with Gasteiger partial charge in [0.1, 0.15) is 0 Å². The Balaban J connectivity index is 1.84. The summed E-state index contributed by atoms with van der Waals surface area (Å²) in [6, 6.07) is 13.3. The highest BCUT2D eigenvalue weighted by Gasteiger charge is 2.27. The average molecular weight is 407 g/mol. The molecule has 3 rings (SSSR count). The summed E-state index contributed by atoms with van der Waals surface area (Å²) < 4.78 is 0. The number of thiocarbonyl (C=S) groups is 1. The fraction of sp³-hybridized carbons (Fsp3) is 0.182. The third-order valence-electron chi connectivity index (χ3n) is 4.45. The summed E-state index contributed by atoms with van der Waals surface area (Å²) in [7, 11) is 0. The Morgan fingerprint density at radius 2 is 1.93 bits per heavy atom. The quantitative estimate of drug-likeness (QED) is 0.251. The Labute approximate surface area is 174 Å². The SMILES string of the molecule is CC1=CC(C)(C)NC(=S)N1c1cccc(C(=O)C=Cc2cccc([N+](=O)[O-])c2)c1. The van der Waals surface area contributed by atoms with E-state index in [9.17, 15) is 14.9 Å². The van der Waals surface area contributed by atoms with Crippen LogP contribution in [0.25, 0.3) is 6.08 Å². The van der Waals surface area contributed by atoms with Gasteiger partial charge in [0.05, 0.1) is 10.5 Å². The van der Waals surface area contributed by atoms with Crippen LogP contribution in [0.3, 0.4) is 0 Å². The van der Waals surface area contributed by atoms with Crippen molar-refractivity contribution in [1.29, 1.82) is 0 Å². The number of carbonyl (C=O) groups is 1. The van der Waals surface area contributed by atoms with Crippen molar-refractivity contribution in [3.05, 3.63) is 87.6 Å². The Morgan fingerprint density at radius 1 is 1.21 bits per heavy atom. The second-order valence-corrected chi connectivity index (χ2v) is 7.76. The van der Waals surface area contributed by atoms with Gasteiger partial charge in [-0.3, -0.25) is 19.8 Å². The summed E-state index contributed by atoms with van der Waals surface area (Å²) in [5.74, 6) is -0.198. The standard InChI is InChI=1S/C22H21N3O3S/c1-15-14-22(2,3)23-21(29)24(15)18-8-5-7-17(13-18)20(26)11-10-16-6-4-9-19(12-16)25(27)28/h4-14H,1-3H3,(H,23,29). The minimum Gasteiger partial charge on any atom is -0.354 e. The summed E-state index contributed by atoms with van der Waals surface area (Å²) >= 11 is 5.51. The fourth-order valence-corrected chi connectivity index (χ4v) is 3.76. The maximum atomic E-state index is 12.6. The molecule has 2 aromatic rings. The van der Waals surface area contributed by atoms with Gasteiger partial charge in [-0.1, -0.05) is 30.3 Å². The molecule has 148 valence electrons. The molecule has 0 bridgehead atoms. The van der Waals surface area contributed by atoms with Gasteiger partial charge in [-0.15, -0.1) is 0 Å². The van der Waals surface area contributed by atoms with E-state index in [-0.39, 0.29) is 17.0 Å². The van der Waals surface area contributed by atoms with Gasteiger partial charge in [-0.2, -0.15) is 0 Å². The zero-order valence-corrected chi connectivity index (χ0v) is 17.2. The van der Waals surface area contributed by atoms with Gasteiger partial charge >= 0.3 is 0 Å². The fourth-order valence-electron chi connectivity index (χ4n) is 3.24. The monoisotopic (exact) mass is 407 g/mol. The van der Waals surface area contributed by atoms with Crippen molar-refractivity contribution in [1.82, 2.24) is 5.32 Å². The largest absolute Gasteiger partial charge is 0.354 e. The number of anilines is 1. The summed E-state index contributed by atoms with van der Waals surface area (Å²) in [5.41, 5.74) is 2.62. The molecule has 1 aliphatic rings. The number of nitrogens with one attached hydrogen (secondary N) is 1. The van der Waals surface area contributed by atoms with Crippen LogP contribution in [-0.4, -0.2) is 21.4 Å². The van der Waals surface area contributed by atoms with Gasteiger partial charge in [-0.25, -0.2) is 0 Å². The Bertz CT molecular complexity index is 1060. The number of benzene rings is 2. The molecule has 0 spiro atoms. The minimum atomic E-state index is -0.463. The first-order valence-corrected chi connectivity index (χ1v) is 9.46. The summed E-state index contributed by atoms with van der Waals surface area (Å²) in [4.78, 5) is 24.9. The molecule has 0 saturated carbocycles. The molecule has 29 heavy (non-hydrogen) atoms. The van der Waals surface area contributed by atoms with E-state index in [1.54, 1.807) is 36.4 Å². The summed E-state index contributed by atoms with van der Waals surface area (Å²) in [6.45, 7) is 6.06. The van der Waals surface area contributed by atoms with Crippen molar-refractivity contribution in [3.63, 3.8) is 0 Å². The maximum Gasteiger partial charge on any atom is 0.270 e. The van der Waals surface area contributed by atoms with E-state index >= 15 is 0 Å². The van der Waals surface area contributed by atoms with Crippen molar-refractivity contribution < 1.29 is 9.72 Å². The highest BCUT2D eigenvalue weighted by molar-refractivity contribution is 7.80. The van der Waals surface area contributed by atoms with Crippen LogP contribution in [0.2, 0.25) is 0 Å². The molecule has 7 heteroatoms. The van der Waals surface area contributed by atoms with Crippen molar-refractivity contribution in [2.75, 3.05) is 4.90 Å². The average Bonchev–Trinajstić information content (AvgIpc) is 2.65. The molecule has 1 aliphatic heterocycles. The van der Waals surface area contributed by atoms with Gasteiger partial charge in [0.25, 0.3) is 5.69 Å². The molecule has 0 aromatic heterocycles. The molecule has 0 unspecified atom stereocenters. The van der Waals surface area contributed by atoms with Crippen LogP contribution < -0.4 is 10.2 Å². The predicted octanol–water partition coefficient (Wildman–Crippen LogP) is 4.87. The lowest BCUT2D eigenvalue weighted by Crippen LogP contribution is -2.53. The maximum absolute atomic E-state index is 12.6. The number of non-ortho nitro benzene ring substituents is 1. The zero-order chi connectivity index (χ0) is 21.2. The van der Waals surface area contributed by atoms with Crippen molar-refractivity contribution >= 4 is 40.6 Å². The van der Waals surface area contributed by atoms with Gasteiger partial charge in [0.2, 0.25) is 0 Å². The molecule has 6 nitrogen and oxygen atoms in total. The molecule has 0 amide bonds. The highest BCUT2D eigenvalue weighted by Crippen LogP contribution is 2.27. The van der Waals surface area contributed by atoms with Crippen LogP contribution >= 0.6 is 12.2 Å². The van der Waals surface area contributed by atoms with Gasteiger partial charge in [0, 0.05) is 29.1 Å². The molecule has 0 aliphatic carbocycles. The van der Waals surface area contributed by atoms with E-state index in [4.69, 9.17) is 12.2 Å². The third-order valence-corrected chi connectivity index (χ3v) is 4.74. The molecule has 0 fully saturated rings. The normalized spacial score (nSPS) is 15.8. The predicted molar refractivity (Wildman–Crippen MR) is 119 cm³/mol. The molecule has 0 saturated heterocycles. The van der Waals surface area contributed by atoms with E-state index in [1.165, 1.54) is 18.2 Å². The van der Waals surface area contributed by atoms with Gasteiger partial charge in [0.15, 0.2) is 10.9 Å². The Kier molecular flexibility index (Phi) is 5.61. The lowest BCUT2D eigenvalue weighted by Gasteiger charge is -2.38. The van der Waals surface area contributed by atoms with E-state index < -0.39 is 4.92 Å². The number of nitro benzene ring substituents is 1. The van der Waals surface area contributed by atoms with Crippen LogP contribution in [0, 0.1) is 10.1 Å². The number of nitro groups is 1. The van der Waals surface area contributed by atoms with E-state index in [0.717, 1.165) is 11.4 Å². The van der Waals surface area contributed by atoms with Crippen LogP contribution in [0.15, 0.2) is 66.4 Å². The van der Waals surface area contributed by atoms with Gasteiger partial charge < -0.3 is 5.32 Å². The molecular weight excluding hydrogens is 386 g/mol. The second kappa shape index (κ2) is 7.97. The zero-order valence-electron chi connectivity index (χ0n) is 16.4. The number of hydrogen-bond acceptors (Lipinski definition) is 4. The van der Waals surface area contributed by atoms with Crippen LogP contribution in [0.5, 0.6) is 0 Å². The van der Waals surface area contributed by atoms with Crippen LogP contribution in [0.4, 0.5) is 11.4 Å². The van der Waals surface area contributed by atoms with Crippen molar-refractivity contribution in [2.24, 2.45) is 0 Å². The lowest BCUT2D eigenvalue weighted by molar-refractivity contribution is -0.384. The van der Waals surface area contributed by atoms with Crippen molar-refractivity contribution in [2.45, 2.75) is 26.3 Å². The summed E-state index contributed by atoms with van der Waals surface area (Å²) in [5, 5.41) is 14.7. The molecular formula is C22H21N3O3S. The topological polar surface area (TPSA) is 75.5 Å². The molecule has 0 atom stereocenters. The lowest BCUT2D eigenvalue weighted by atomic mass is 10.0. The van der Waals surface area contributed by atoms with E-state index in [2.05, 4.69) is 11.4 Å². The third kappa shape index (κ3) is 4.75. The molecule has 1 N–H and O–H groups in total. The Morgan fingerprint density at radius 3 is 2.62 bits per heavy atom. The number of nitrogens with zero attached hydrogens (tertiary/aromatic N) is 2. The van der Waals surface area contributed by atoms with Crippen LogP contribution in [-0.2, 0) is 0 Å². The Hall–Kier alpha value is -3.32. The number of ketones is 1. The van der Waals surface area contributed by atoms with Gasteiger partial charge in [-0.05, 0) is 62.8 Å². The second-order valence-electron chi connectivity index (χ2n) is 7.37. The number of rotatable bonds is 5. The number of allylic oxidation sites excluding steroid dienone is 2. The molecule has 2 aromatic carbocycles. The molecule has 0 radical (unpaired) electrons.